The van der Waals surface area contributed by atoms with E-state index in [1.807, 2.05) is 24.0 Å². The molecule has 1 aliphatic rings. The van der Waals surface area contributed by atoms with Gasteiger partial charge in [0, 0.05) is 29.1 Å². The van der Waals surface area contributed by atoms with E-state index >= 15 is 0 Å². The van der Waals surface area contributed by atoms with Crippen molar-refractivity contribution < 1.29 is 18.6 Å². The number of benzene rings is 2. The topological polar surface area (TPSA) is 70.8 Å². The van der Waals surface area contributed by atoms with Gasteiger partial charge in [0.2, 0.25) is 5.90 Å². The Morgan fingerprint density at radius 2 is 1.94 bits per heavy atom. The van der Waals surface area contributed by atoms with Crippen molar-refractivity contribution in [3.05, 3.63) is 86.9 Å². The van der Waals surface area contributed by atoms with Crippen LogP contribution in [0.4, 0.5) is 14.5 Å². The highest BCUT2D eigenvalue weighted by Crippen LogP contribution is 2.35. The van der Waals surface area contributed by atoms with Crippen LogP contribution in [0.3, 0.4) is 0 Å². The first-order valence-electron chi connectivity index (χ1n) is 11.1. The van der Waals surface area contributed by atoms with Crippen LogP contribution in [0.2, 0.25) is 5.02 Å². The van der Waals surface area contributed by atoms with Gasteiger partial charge in [-0.15, -0.1) is 0 Å². The zero-order valence-electron chi connectivity index (χ0n) is 20.1. The first kappa shape index (κ1) is 26.2. The molecule has 2 heterocycles. The van der Waals surface area contributed by atoms with E-state index in [4.69, 9.17) is 16.3 Å². The van der Waals surface area contributed by atoms with Gasteiger partial charge in [0.05, 0.1) is 20.9 Å². The molecule has 188 valence electrons. The molecule has 1 aromatic heterocycles. The second-order valence-electron chi connectivity index (χ2n) is 8.88. The molecule has 6 nitrogen and oxygen atoms in total. The average Bonchev–Trinajstić information content (AvgIpc) is 2.84. The summed E-state index contributed by atoms with van der Waals surface area (Å²) < 4.78 is 34.2. The summed E-state index contributed by atoms with van der Waals surface area (Å²) in [7, 11) is 0. The van der Waals surface area contributed by atoms with Crippen molar-refractivity contribution in [1.82, 2.24) is 9.97 Å². The number of nitrogens with zero attached hydrogens (tertiary/aromatic N) is 4. The van der Waals surface area contributed by atoms with Gasteiger partial charge < -0.3 is 14.7 Å². The average molecular weight is 578 g/mol. The molecule has 4 rings (SSSR count). The maximum atomic E-state index is 14.4. The molecule has 0 saturated heterocycles. The van der Waals surface area contributed by atoms with Gasteiger partial charge in [0.15, 0.2) is 5.82 Å². The Labute approximate surface area is 221 Å². The molecule has 1 N–H and O–H groups in total. The van der Waals surface area contributed by atoms with Crippen molar-refractivity contribution in [2.75, 3.05) is 4.90 Å². The molecule has 1 unspecified atom stereocenters. The van der Waals surface area contributed by atoms with Gasteiger partial charge in [-0.3, -0.25) is 0 Å². The highest BCUT2D eigenvalue weighted by molar-refractivity contribution is 9.12. The molecule has 0 bridgehead atoms. The lowest BCUT2D eigenvalue weighted by molar-refractivity contribution is 0.0688. The molecule has 0 aliphatic carbocycles. The Balaban J connectivity index is 1.58. The van der Waals surface area contributed by atoms with Gasteiger partial charge >= 0.3 is 0 Å². The van der Waals surface area contributed by atoms with E-state index in [2.05, 4.69) is 30.9 Å². The molecule has 0 spiro atoms. The van der Waals surface area contributed by atoms with Gasteiger partial charge in [0.25, 0.3) is 0 Å². The van der Waals surface area contributed by atoms with Crippen molar-refractivity contribution >= 4 is 39.1 Å². The summed E-state index contributed by atoms with van der Waals surface area (Å²) in [5, 5.41) is 10.8. The fraction of sp³-hybridized carbons (Fsp3) is 0.269. The molecular weight excluding hydrogens is 554 g/mol. The summed E-state index contributed by atoms with van der Waals surface area (Å²) in [4.78, 5) is 15.1. The summed E-state index contributed by atoms with van der Waals surface area (Å²) >= 11 is 10.0. The Morgan fingerprint density at radius 1 is 1.19 bits per heavy atom. The fourth-order valence-corrected chi connectivity index (χ4v) is 4.27. The molecule has 0 amide bonds. The van der Waals surface area contributed by atoms with E-state index in [1.54, 1.807) is 38.4 Å². The zero-order valence-corrected chi connectivity index (χ0v) is 22.4. The van der Waals surface area contributed by atoms with Crippen molar-refractivity contribution in [3.8, 4) is 11.3 Å². The van der Waals surface area contributed by atoms with Crippen LogP contribution in [0.25, 0.3) is 11.3 Å². The molecule has 2 aromatic carbocycles. The van der Waals surface area contributed by atoms with Crippen molar-refractivity contribution in [1.29, 1.82) is 0 Å². The summed E-state index contributed by atoms with van der Waals surface area (Å²) in [5.74, 6) is -0.640. The summed E-state index contributed by atoms with van der Waals surface area (Å²) in [6.07, 6.45) is 2.99. The molecule has 0 saturated carbocycles. The monoisotopic (exact) mass is 576 g/mol. The van der Waals surface area contributed by atoms with Gasteiger partial charge in [0.1, 0.15) is 30.0 Å². The molecule has 0 fully saturated rings. The van der Waals surface area contributed by atoms with Crippen molar-refractivity contribution in [2.45, 2.75) is 46.1 Å². The predicted octanol–water partition coefficient (Wildman–Crippen LogP) is 6.63. The second-order valence-corrected chi connectivity index (χ2v) is 10.1. The highest BCUT2D eigenvalue weighted by Gasteiger charge is 2.25. The Bertz CT molecular complexity index is 1370. The Hall–Kier alpha value is -2.88. The van der Waals surface area contributed by atoms with Crippen LogP contribution in [0.15, 0.2) is 58.3 Å². The quantitative estimate of drug-likeness (QED) is 0.369. The maximum absolute atomic E-state index is 14.4. The molecule has 3 aromatic rings. The van der Waals surface area contributed by atoms with E-state index in [1.165, 1.54) is 19.1 Å². The maximum Gasteiger partial charge on any atom is 0.227 e. The van der Waals surface area contributed by atoms with Gasteiger partial charge in [-0.25, -0.2) is 23.7 Å². The Morgan fingerprint density at radius 3 is 2.67 bits per heavy atom. The van der Waals surface area contributed by atoms with Crippen LogP contribution in [0.5, 0.6) is 0 Å². The third kappa shape index (κ3) is 5.43. The summed E-state index contributed by atoms with van der Waals surface area (Å²) in [6.45, 7) is 6.39. The van der Waals surface area contributed by atoms with Crippen molar-refractivity contribution in [3.63, 3.8) is 0 Å². The number of aromatic nitrogens is 2. The van der Waals surface area contributed by atoms with E-state index in [0.29, 0.717) is 26.7 Å². The predicted molar refractivity (Wildman–Crippen MR) is 140 cm³/mol. The van der Waals surface area contributed by atoms with E-state index in [0.717, 1.165) is 5.56 Å². The number of hydrogen-bond acceptors (Lipinski definition) is 6. The van der Waals surface area contributed by atoms with E-state index in [-0.39, 0.29) is 23.6 Å². The number of halogens is 4. The smallest absolute Gasteiger partial charge is 0.227 e. The van der Waals surface area contributed by atoms with Gasteiger partial charge in [-0.2, -0.15) is 0 Å². The second kappa shape index (κ2) is 10.2. The van der Waals surface area contributed by atoms with Crippen LogP contribution in [-0.4, -0.2) is 27.1 Å². The number of hydrogen-bond donors (Lipinski definition) is 1. The molecule has 10 heteroatoms. The van der Waals surface area contributed by atoms with E-state index < -0.39 is 23.4 Å². The molecule has 1 atom stereocenters. The third-order valence-corrected chi connectivity index (χ3v) is 6.51. The van der Waals surface area contributed by atoms with Crippen LogP contribution < -0.4 is 4.90 Å². The van der Waals surface area contributed by atoms with Gasteiger partial charge in [-0.05, 0) is 74.0 Å². The normalized spacial score (nSPS) is 16.0. The molecule has 1 aliphatic heterocycles. The first-order valence-corrected chi connectivity index (χ1v) is 12.3. The lowest BCUT2D eigenvalue weighted by atomic mass is 10.1. The number of aliphatic imine (C=N–C) groups is 1. The largest absolute Gasteiger partial charge is 0.472 e. The number of ether oxygens (including phenoxy) is 1. The molecule has 0 radical (unpaired) electrons. The lowest BCUT2D eigenvalue weighted by Crippen LogP contribution is -2.32. The standard InChI is InChI=1S/C26H24BrClF2N4O2/c1-14-20(29)8-6-17(23(14)30)13-36-24-18(27)12-34(15(2)32-24)22-11-16(5-7-19(22)28)21-9-10-31-25(33-21)26(3,4)35/h5-12,15,35H,13H2,1-4H3. The van der Waals surface area contributed by atoms with E-state index in [9.17, 15) is 13.9 Å². The molecular formula is C26H24BrClF2N4O2. The van der Waals surface area contributed by atoms with Crippen molar-refractivity contribution in [2.24, 2.45) is 4.99 Å². The minimum Gasteiger partial charge on any atom is -0.472 e. The third-order valence-electron chi connectivity index (χ3n) is 5.65. The van der Waals surface area contributed by atoms with Crippen LogP contribution >= 0.6 is 27.5 Å². The van der Waals surface area contributed by atoms with Crippen LogP contribution in [-0.2, 0) is 16.9 Å². The molecule has 36 heavy (non-hydrogen) atoms. The number of anilines is 1. The summed E-state index contributed by atoms with van der Waals surface area (Å²) in [5.41, 5.74) is 1.11. The SMILES string of the molecule is Cc1c(F)ccc(COC2=NC(C)N(c3cc(-c4ccnc(C(C)(C)O)n4)ccc3Cl)C=C2Br)c1F. The van der Waals surface area contributed by atoms with Gasteiger partial charge in [-0.1, -0.05) is 17.7 Å². The fourth-order valence-electron chi connectivity index (χ4n) is 3.62. The zero-order chi connectivity index (χ0) is 26.2. The van der Waals surface area contributed by atoms with Crippen LogP contribution in [0.1, 0.15) is 37.7 Å². The highest BCUT2D eigenvalue weighted by atomic mass is 79.9. The van der Waals surface area contributed by atoms with Crippen LogP contribution in [0, 0.1) is 18.6 Å². The first-order chi connectivity index (χ1) is 17.0. The minimum absolute atomic E-state index is 0.0521. The minimum atomic E-state index is -1.18. The Kier molecular flexibility index (Phi) is 7.45. The number of rotatable bonds is 5. The number of aliphatic hydroxyl groups is 1. The summed E-state index contributed by atoms with van der Waals surface area (Å²) in [6, 6.07) is 9.81. The lowest BCUT2D eigenvalue weighted by Gasteiger charge is -2.30.